The normalized spacial score (nSPS) is 12.4. The van der Waals surface area contributed by atoms with Gasteiger partial charge in [-0.25, -0.2) is 4.98 Å². The molecule has 3 aromatic rings. The highest BCUT2D eigenvalue weighted by Crippen LogP contribution is 2.19. The highest BCUT2D eigenvalue weighted by atomic mass is 79.9. The molecule has 25 heavy (non-hydrogen) atoms. The number of aryl methyl sites for hydroxylation is 1. The van der Waals surface area contributed by atoms with Crippen LogP contribution in [0.1, 0.15) is 12.2 Å². The highest BCUT2D eigenvalue weighted by molar-refractivity contribution is 9.10. The third-order valence-corrected chi connectivity index (χ3v) is 4.47. The molecule has 0 aliphatic rings. The molecule has 6 heteroatoms. The quantitative estimate of drug-likeness (QED) is 0.604. The predicted octanol–water partition coefficient (Wildman–Crippen LogP) is 3.16. The zero-order valence-electron chi connectivity index (χ0n) is 13.8. The van der Waals surface area contributed by atoms with E-state index in [2.05, 4.69) is 20.9 Å². The number of imidazole rings is 1. The summed E-state index contributed by atoms with van der Waals surface area (Å²) >= 11 is 3.38. The van der Waals surface area contributed by atoms with Crippen LogP contribution < -0.4 is 4.74 Å². The van der Waals surface area contributed by atoms with Crippen molar-refractivity contribution in [2.45, 2.75) is 25.5 Å². The van der Waals surface area contributed by atoms with Gasteiger partial charge in [-0.3, -0.25) is 0 Å². The number of hydrogen-bond acceptors (Lipinski definition) is 4. The van der Waals surface area contributed by atoms with Crippen molar-refractivity contribution < 1.29 is 14.9 Å². The number of fused-ring (bicyclic) bond motifs is 1. The van der Waals surface area contributed by atoms with Gasteiger partial charge in [0.1, 0.15) is 24.3 Å². The molecule has 1 unspecified atom stereocenters. The molecular weight excluding hydrogens is 384 g/mol. The Labute approximate surface area is 155 Å². The maximum Gasteiger partial charge on any atom is 0.119 e. The van der Waals surface area contributed by atoms with Crippen LogP contribution in [0.3, 0.4) is 0 Å². The van der Waals surface area contributed by atoms with E-state index in [0.717, 1.165) is 27.1 Å². The summed E-state index contributed by atoms with van der Waals surface area (Å²) in [5.41, 5.74) is 1.88. The van der Waals surface area contributed by atoms with Crippen molar-refractivity contribution in [1.82, 2.24) is 9.55 Å². The minimum Gasteiger partial charge on any atom is -0.491 e. The Morgan fingerprint density at radius 2 is 1.88 bits per heavy atom. The molecule has 0 amide bonds. The van der Waals surface area contributed by atoms with E-state index in [-0.39, 0.29) is 13.2 Å². The fourth-order valence-corrected chi connectivity index (χ4v) is 3.01. The lowest BCUT2D eigenvalue weighted by molar-refractivity contribution is 0.0926. The SMILES string of the molecule is OCCCc1nc2ccccc2n1CC(O)COc1ccc(Br)cc1. The van der Waals surface area contributed by atoms with Crippen molar-refractivity contribution in [3.05, 3.63) is 58.8 Å². The number of aliphatic hydroxyl groups is 2. The van der Waals surface area contributed by atoms with Crippen LogP contribution in [0, 0.1) is 0 Å². The van der Waals surface area contributed by atoms with Crippen LogP contribution >= 0.6 is 15.9 Å². The number of benzene rings is 2. The lowest BCUT2D eigenvalue weighted by Gasteiger charge is -2.15. The molecule has 0 aliphatic carbocycles. The van der Waals surface area contributed by atoms with Crippen LogP contribution in [0.15, 0.2) is 53.0 Å². The van der Waals surface area contributed by atoms with E-state index in [0.29, 0.717) is 19.4 Å². The van der Waals surface area contributed by atoms with Crippen molar-refractivity contribution in [1.29, 1.82) is 0 Å². The Kier molecular flexibility index (Phi) is 6.07. The lowest BCUT2D eigenvalue weighted by atomic mass is 10.2. The predicted molar refractivity (Wildman–Crippen MR) is 101 cm³/mol. The molecule has 1 aromatic heterocycles. The topological polar surface area (TPSA) is 67.5 Å². The largest absolute Gasteiger partial charge is 0.491 e. The molecule has 0 saturated heterocycles. The molecule has 5 nitrogen and oxygen atoms in total. The molecule has 0 aliphatic heterocycles. The molecule has 1 heterocycles. The highest BCUT2D eigenvalue weighted by Gasteiger charge is 2.14. The Hall–Kier alpha value is -1.89. The van der Waals surface area contributed by atoms with E-state index in [1.807, 2.05) is 53.1 Å². The van der Waals surface area contributed by atoms with Gasteiger partial charge in [-0.2, -0.15) is 0 Å². The van der Waals surface area contributed by atoms with E-state index < -0.39 is 6.10 Å². The van der Waals surface area contributed by atoms with Gasteiger partial charge in [-0.05, 0) is 42.8 Å². The first kappa shape index (κ1) is 17.9. The van der Waals surface area contributed by atoms with E-state index in [1.54, 1.807) is 0 Å². The first-order chi connectivity index (χ1) is 12.2. The first-order valence-corrected chi connectivity index (χ1v) is 9.08. The van der Waals surface area contributed by atoms with Crippen LogP contribution in [0.2, 0.25) is 0 Å². The Morgan fingerprint density at radius 1 is 1.12 bits per heavy atom. The minimum absolute atomic E-state index is 0.123. The zero-order chi connectivity index (χ0) is 17.6. The van der Waals surface area contributed by atoms with Gasteiger partial charge in [-0.1, -0.05) is 28.1 Å². The number of rotatable bonds is 8. The second-order valence-corrected chi connectivity index (χ2v) is 6.79. The van der Waals surface area contributed by atoms with Crippen LogP contribution in [0.4, 0.5) is 0 Å². The smallest absolute Gasteiger partial charge is 0.119 e. The molecule has 0 radical (unpaired) electrons. The molecule has 1 atom stereocenters. The van der Waals surface area contributed by atoms with Gasteiger partial charge in [0.2, 0.25) is 0 Å². The molecule has 2 aromatic carbocycles. The maximum absolute atomic E-state index is 10.4. The summed E-state index contributed by atoms with van der Waals surface area (Å²) in [6.45, 7) is 0.726. The Balaban J connectivity index is 1.70. The third kappa shape index (κ3) is 4.60. The number of ether oxygens (including phenoxy) is 1. The van der Waals surface area contributed by atoms with E-state index in [1.165, 1.54) is 0 Å². The summed E-state index contributed by atoms with van der Waals surface area (Å²) in [6.07, 6.45) is 0.662. The number of aliphatic hydroxyl groups excluding tert-OH is 2. The Morgan fingerprint density at radius 3 is 2.64 bits per heavy atom. The second-order valence-electron chi connectivity index (χ2n) is 5.87. The number of halogens is 1. The summed E-state index contributed by atoms with van der Waals surface area (Å²) in [5.74, 6) is 1.59. The average Bonchev–Trinajstić information content (AvgIpc) is 2.97. The minimum atomic E-state index is -0.658. The first-order valence-electron chi connectivity index (χ1n) is 8.29. The third-order valence-electron chi connectivity index (χ3n) is 3.94. The van der Waals surface area contributed by atoms with Crippen LogP contribution in [0.5, 0.6) is 5.75 Å². The van der Waals surface area contributed by atoms with Gasteiger partial charge in [0, 0.05) is 17.5 Å². The van der Waals surface area contributed by atoms with Gasteiger partial charge in [0.25, 0.3) is 0 Å². The number of para-hydroxylation sites is 2. The monoisotopic (exact) mass is 404 g/mol. The lowest BCUT2D eigenvalue weighted by Crippen LogP contribution is -2.24. The van der Waals surface area contributed by atoms with Crippen molar-refractivity contribution in [2.24, 2.45) is 0 Å². The van der Waals surface area contributed by atoms with Crippen LogP contribution in [-0.2, 0) is 13.0 Å². The van der Waals surface area contributed by atoms with Crippen LogP contribution in [0.25, 0.3) is 11.0 Å². The molecule has 0 saturated carbocycles. The maximum atomic E-state index is 10.4. The molecule has 3 rings (SSSR count). The van der Waals surface area contributed by atoms with Crippen molar-refractivity contribution >= 4 is 27.0 Å². The van der Waals surface area contributed by atoms with Gasteiger partial charge in [-0.15, -0.1) is 0 Å². The molecule has 2 N–H and O–H groups in total. The fraction of sp³-hybridized carbons (Fsp3) is 0.316. The van der Waals surface area contributed by atoms with E-state index in [4.69, 9.17) is 9.84 Å². The van der Waals surface area contributed by atoms with Crippen molar-refractivity contribution in [2.75, 3.05) is 13.2 Å². The fourth-order valence-electron chi connectivity index (χ4n) is 2.74. The van der Waals surface area contributed by atoms with Gasteiger partial charge >= 0.3 is 0 Å². The summed E-state index contributed by atoms with van der Waals surface area (Å²) < 4.78 is 8.66. The van der Waals surface area contributed by atoms with Gasteiger partial charge < -0.3 is 19.5 Å². The van der Waals surface area contributed by atoms with Gasteiger partial charge in [0.05, 0.1) is 17.6 Å². The van der Waals surface area contributed by atoms with E-state index in [9.17, 15) is 5.11 Å². The summed E-state index contributed by atoms with van der Waals surface area (Å²) in [5, 5.41) is 19.5. The zero-order valence-corrected chi connectivity index (χ0v) is 15.4. The summed E-state index contributed by atoms with van der Waals surface area (Å²) in [4.78, 5) is 4.63. The number of hydrogen-bond donors (Lipinski definition) is 2. The molecule has 0 spiro atoms. The molecular formula is C19H21BrN2O3. The van der Waals surface area contributed by atoms with Crippen LogP contribution in [-0.4, -0.2) is 39.1 Å². The summed E-state index contributed by atoms with van der Waals surface area (Å²) in [7, 11) is 0. The second kappa shape index (κ2) is 8.47. The average molecular weight is 405 g/mol. The summed E-state index contributed by atoms with van der Waals surface area (Å²) in [6, 6.07) is 15.4. The Bertz CT molecular complexity index is 817. The molecule has 132 valence electrons. The molecule has 0 fully saturated rings. The van der Waals surface area contributed by atoms with E-state index >= 15 is 0 Å². The van der Waals surface area contributed by atoms with Crippen molar-refractivity contribution in [3.63, 3.8) is 0 Å². The van der Waals surface area contributed by atoms with Gasteiger partial charge in [0.15, 0.2) is 0 Å². The molecule has 0 bridgehead atoms. The standard InChI is InChI=1S/C19H21BrN2O3/c20-14-7-9-16(10-8-14)25-13-15(24)12-22-18-5-2-1-4-17(18)21-19(22)6-3-11-23/h1-2,4-5,7-10,15,23-24H,3,6,11-13H2. The number of nitrogens with zero attached hydrogens (tertiary/aromatic N) is 2. The number of aromatic nitrogens is 2. The van der Waals surface area contributed by atoms with Crippen molar-refractivity contribution in [3.8, 4) is 5.75 Å².